The lowest BCUT2D eigenvalue weighted by Crippen LogP contribution is -2.44. The minimum Gasteiger partial charge on any atom is -0.370 e. The fourth-order valence-corrected chi connectivity index (χ4v) is 2.49. The second-order valence-electron chi connectivity index (χ2n) is 5.16. The van der Waals surface area contributed by atoms with Crippen LogP contribution in [0.15, 0.2) is 60.0 Å². The van der Waals surface area contributed by atoms with Crippen molar-refractivity contribution in [2.24, 2.45) is 16.5 Å². The van der Waals surface area contributed by atoms with Crippen LogP contribution in [-0.4, -0.2) is 25.5 Å². The van der Waals surface area contributed by atoms with Gasteiger partial charge in [0.15, 0.2) is 23.1 Å². The molecule has 8 nitrogen and oxygen atoms in total. The zero-order chi connectivity index (χ0) is 15.9. The van der Waals surface area contributed by atoms with E-state index >= 15 is 0 Å². The van der Waals surface area contributed by atoms with Crippen molar-refractivity contribution in [3.63, 3.8) is 0 Å². The quantitative estimate of drug-likeness (QED) is 0.628. The van der Waals surface area contributed by atoms with Crippen LogP contribution in [0, 0.1) is 0 Å². The summed E-state index contributed by atoms with van der Waals surface area (Å²) in [7, 11) is 0. The van der Waals surface area contributed by atoms with Crippen LogP contribution in [0.4, 0.5) is 0 Å². The van der Waals surface area contributed by atoms with Gasteiger partial charge in [-0.05, 0) is 6.08 Å². The summed E-state index contributed by atoms with van der Waals surface area (Å²) in [6, 6.07) is 11.6. The van der Waals surface area contributed by atoms with Crippen LogP contribution >= 0.6 is 0 Å². The van der Waals surface area contributed by atoms with Gasteiger partial charge in [-0.3, -0.25) is 5.73 Å². The molecule has 0 fully saturated rings. The predicted molar refractivity (Wildman–Crippen MR) is 86.0 cm³/mol. The number of aromatic nitrogens is 4. The first-order chi connectivity index (χ1) is 11.2. The Morgan fingerprint density at radius 1 is 1.17 bits per heavy atom. The van der Waals surface area contributed by atoms with Crippen LogP contribution in [0.1, 0.15) is 5.82 Å². The van der Waals surface area contributed by atoms with E-state index in [0.717, 1.165) is 11.3 Å². The molecule has 2 aromatic heterocycles. The Balaban J connectivity index is 1.97. The second-order valence-corrected chi connectivity index (χ2v) is 5.16. The summed E-state index contributed by atoms with van der Waals surface area (Å²) in [6.07, 6.45) is 4.78. The molecule has 0 bridgehead atoms. The number of hydrogen-bond acceptors (Lipinski definition) is 7. The number of benzene rings is 1. The summed E-state index contributed by atoms with van der Waals surface area (Å²) < 4.78 is 1.57. The van der Waals surface area contributed by atoms with E-state index in [2.05, 4.69) is 25.4 Å². The van der Waals surface area contributed by atoms with Gasteiger partial charge in [0.1, 0.15) is 6.33 Å². The summed E-state index contributed by atoms with van der Waals surface area (Å²) >= 11 is 0. The molecule has 0 radical (unpaired) electrons. The van der Waals surface area contributed by atoms with E-state index in [1.807, 2.05) is 36.4 Å². The molecule has 3 heterocycles. The van der Waals surface area contributed by atoms with E-state index in [4.69, 9.17) is 11.5 Å². The SMILES string of the molecule is NC1=NC(N)(c2nc(-c3ccccc3)cc3ncnn23)C=CN1. The Morgan fingerprint density at radius 2 is 2.00 bits per heavy atom. The average Bonchev–Trinajstić information content (AvgIpc) is 3.03. The molecule has 0 saturated heterocycles. The zero-order valence-corrected chi connectivity index (χ0v) is 12.1. The summed E-state index contributed by atoms with van der Waals surface area (Å²) in [5.41, 5.74) is 13.3. The number of fused-ring (bicyclic) bond motifs is 1. The maximum Gasteiger partial charge on any atom is 0.195 e. The lowest BCUT2D eigenvalue weighted by Gasteiger charge is -2.25. The van der Waals surface area contributed by atoms with Gasteiger partial charge in [0.05, 0.1) is 5.69 Å². The van der Waals surface area contributed by atoms with Crippen molar-refractivity contribution in [1.29, 1.82) is 0 Å². The number of rotatable bonds is 2. The molecule has 0 spiro atoms. The number of guanidine groups is 1. The van der Waals surface area contributed by atoms with Crippen LogP contribution in [0.3, 0.4) is 0 Å². The van der Waals surface area contributed by atoms with Gasteiger partial charge in [-0.1, -0.05) is 30.3 Å². The third kappa shape index (κ3) is 2.21. The molecule has 1 aromatic carbocycles. The molecule has 0 amide bonds. The fraction of sp³-hybridized carbons (Fsp3) is 0.0667. The molecule has 114 valence electrons. The summed E-state index contributed by atoms with van der Waals surface area (Å²) in [5.74, 6) is 0.655. The van der Waals surface area contributed by atoms with Crippen LogP contribution in [-0.2, 0) is 5.66 Å². The van der Waals surface area contributed by atoms with Gasteiger partial charge < -0.3 is 11.1 Å². The molecule has 0 aliphatic carbocycles. The third-order valence-electron chi connectivity index (χ3n) is 3.57. The smallest absolute Gasteiger partial charge is 0.195 e. The van der Waals surface area contributed by atoms with E-state index in [0.29, 0.717) is 11.5 Å². The Bertz CT molecular complexity index is 927. The lowest BCUT2D eigenvalue weighted by atomic mass is 10.1. The lowest BCUT2D eigenvalue weighted by molar-refractivity contribution is 0.520. The van der Waals surface area contributed by atoms with Crippen LogP contribution in [0.25, 0.3) is 16.9 Å². The molecule has 1 aliphatic heterocycles. The van der Waals surface area contributed by atoms with Gasteiger partial charge in [-0.25, -0.2) is 15.0 Å². The minimum absolute atomic E-state index is 0.218. The Morgan fingerprint density at radius 3 is 2.78 bits per heavy atom. The maximum absolute atomic E-state index is 6.40. The van der Waals surface area contributed by atoms with E-state index in [1.165, 1.54) is 6.33 Å². The highest BCUT2D eigenvalue weighted by molar-refractivity contribution is 5.80. The highest BCUT2D eigenvalue weighted by Gasteiger charge is 2.32. The second kappa shape index (κ2) is 4.89. The number of hydrogen-bond donors (Lipinski definition) is 3. The molecule has 1 unspecified atom stereocenters. The van der Waals surface area contributed by atoms with E-state index in [9.17, 15) is 0 Å². The molecule has 0 saturated carbocycles. The molecular formula is C15H14N8. The van der Waals surface area contributed by atoms with Crippen molar-refractivity contribution in [2.75, 3.05) is 0 Å². The van der Waals surface area contributed by atoms with Gasteiger partial charge in [0.25, 0.3) is 0 Å². The molecule has 5 N–H and O–H groups in total. The molecule has 23 heavy (non-hydrogen) atoms. The zero-order valence-electron chi connectivity index (χ0n) is 12.1. The first-order valence-corrected chi connectivity index (χ1v) is 7.01. The van der Waals surface area contributed by atoms with Crippen LogP contribution < -0.4 is 16.8 Å². The van der Waals surface area contributed by atoms with Gasteiger partial charge in [0.2, 0.25) is 0 Å². The highest BCUT2D eigenvalue weighted by atomic mass is 15.3. The van der Waals surface area contributed by atoms with Gasteiger partial charge >= 0.3 is 0 Å². The van der Waals surface area contributed by atoms with E-state index in [-0.39, 0.29) is 5.96 Å². The van der Waals surface area contributed by atoms with Crippen molar-refractivity contribution in [3.05, 3.63) is 60.8 Å². The molecule has 3 aromatic rings. The first kappa shape index (κ1) is 13.4. The monoisotopic (exact) mass is 306 g/mol. The first-order valence-electron chi connectivity index (χ1n) is 7.01. The molecule has 1 atom stereocenters. The van der Waals surface area contributed by atoms with Gasteiger partial charge in [-0.2, -0.15) is 9.61 Å². The fourth-order valence-electron chi connectivity index (χ4n) is 2.49. The Hall–Kier alpha value is -3.26. The van der Waals surface area contributed by atoms with Gasteiger partial charge in [-0.15, -0.1) is 0 Å². The van der Waals surface area contributed by atoms with E-state index < -0.39 is 5.66 Å². The van der Waals surface area contributed by atoms with Crippen molar-refractivity contribution in [1.82, 2.24) is 24.9 Å². The predicted octanol–water partition coefficient (Wildman–Crippen LogP) is 0.334. The van der Waals surface area contributed by atoms with Crippen molar-refractivity contribution in [2.45, 2.75) is 5.66 Å². The molecular weight excluding hydrogens is 292 g/mol. The molecule has 4 rings (SSSR count). The Kier molecular flexibility index (Phi) is 2.85. The number of nitrogens with two attached hydrogens (primary N) is 2. The summed E-state index contributed by atoms with van der Waals surface area (Å²) in [5, 5.41) is 6.99. The normalized spacial score (nSPS) is 20.3. The van der Waals surface area contributed by atoms with Crippen LogP contribution in [0.5, 0.6) is 0 Å². The van der Waals surface area contributed by atoms with Crippen LogP contribution in [0.2, 0.25) is 0 Å². The number of nitrogens with zero attached hydrogens (tertiary/aromatic N) is 5. The van der Waals surface area contributed by atoms with Crippen molar-refractivity contribution in [3.8, 4) is 11.3 Å². The third-order valence-corrected chi connectivity index (χ3v) is 3.57. The number of aliphatic imine (C=N–C) groups is 1. The molecule has 1 aliphatic rings. The van der Waals surface area contributed by atoms with Gasteiger partial charge in [0, 0.05) is 17.8 Å². The topological polar surface area (TPSA) is 120 Å². The summed E-state index contributed by atoms with van der Waals surface area (Å²) in [4.78, 5) is 13.2. The van der Waals surface area contributed by atoms with E-state index in [1.54, 1.807) is 16.8 Å². The average molecular weight is 306 g/mol. The van der Waals surface area contributed by atoms with Crippen molar-refractivity contribution < 1.29 is 0 Å². The standard InChI is InChI=1S/C15H14N8/c16-14-18-7-6-15(17,22-14)13-21-11(10-4-2-1-3-5-10)8-12-19-9-20-23(12)13/h1-9H,17H2,(H3,16,18,22). The maximum atomic E-state index is 6.40. The molecule has 8 heteroatoms. The number of nitrogens with one attached hydrogen (secondary N) is 1. The largest absolute Gasteiger partial charge is 0.370 e. The van der Waals surface area contributed by atoms with Crippen molar-refractivity contribution >= 4 is 11.6 Å². The Labute approximate surface area is 131 Å². The summed E-state index contributed by atoms with van der Waals surface area (Å²) in [6.45, 7) is 0. The minimum atomic E-state index is -1.22. The highest BCUT2D eigenvalue weighted by Crippen LogP contribution is 2.25.